The molecule has 0 radical (unpaired) electrons. The van der Waals surface area contributed by atoms with E-state index in [1.165, 1.54) is 23.5 Å². The summed E-state index contributed by atoms with van der Waals surface area (Å²) in [6.07, 6.45) is 0. The molecular weight excluding hydrogens is 270 g/mol. The van der Waals surface area contributed by atoms with Crippen molar-refractivity contribution in [1.82, 2.24) is 4.98 Å². The van der Waals surface area contributed by atoms with Crippen molar-refractivity contribution >= 4 is 33.8 Å². The predicted molar refractivity (Wildman–Crippen MR) is 70.2 cm³/mol. The molecule has 2 rings (SSSR count). The largest absolute Gasteiger partial charge is 0.478 e. The average Bonchev–Trinajstić information content (AvgIpc) is 2.74. The van der Waals surface area contributed by atoms with Gasteiger partial charge in [-0.1, -0.05) is 0 Å². The maximum Gasteiger partial charge on any atom is 0.335 e. The quantitative estimate of drug-likeness (QED) is 0.658. The fourth-order valence-corrected chi connectivity index (χ4v) is 2.16. The zero-order valence-corrected chi connectivity index (χ0v) is 10.6. The molecule has 1 aromatic heterocycles. The van der Waals surface area contributed by atoms with Crippen molar-refractivity contribution < 1.29 is 14.8 Å². The van der Waals surface area contributed by atoms with Crippen molar-refractivity contribution in [3.8, 4) is 0 Å². The number of nitrogens with zero attached hydrogens (tertiary/aromatic N) is 2. The molecule has 2 aromatic rings. The van der Waals surface area contributed by atoms with Crippen LogP contribution < -0.4 is 5.32 Å². The fourth-order valence-electron chi connectivity index (χ4n) is 1.45. The smallest absolute Gasteiger partial charge is 0.335 e. The molecule has 98 valence electrons. The van der Waals surface area contributed by atoms with Crippen molar-refractivity contribution in [2.75, 3.05) is 5.32 Å². The molecular formula is C11H9N3O4S. The molecule has 0 aliphatic rings. The van der Waals surface area contributed by atoms with E-state index < -0.39 is 10.9 Å². The van der Waals surface area contributed by atoms with Gasteiger partial charge in [0.05, 0.1) is 16.2 Å². The molecule has 1 heterocycles. The summed E-state index contributed by atoms with van der Waals surface area (Å²) in [5, 5.41) is 24.8. The summed E-state index contributed by atoms with van der Waals surface area (Å²) in [6.45, 7) is 1.80. The van der Waals surface area contributed by atoms with Gasteiger partial charge in [-0.25, -0.2) is 9.78 Å². The monoisotopic (exact) mass is 279 g/mol. The normalized spacial score (nSPS) is 10.2. The topological polar surface area (TPSA) is 105 Å². The van der Waals surface area contributed by atoms with Crippen LogP contribution in [0.2, 0.25) is 0 Å². The Morgan fingerprint density at radius 1 is 1.53 bits per heavy atom. The first-order valence-corrected chi connectivity index (χ1v) is 6.06. The molecule has 0 spiro atoms. The molecule has 2 N–H and O–H groups in total. The van der Waals surface area contributed by atoms with Gasteiger partial charge in [-0.15, -0.1) is 11.3 Å². The highest BCUT2D eigenvalue weighted by Crippen LogP contribution is 2.29. The van der Waals surface area contributed by atoms with Crippen LogP contribution in [0.15, 0.2) is 23.6 Å². The Hall–Kier alpha value is -2.48. The number of aromatic carboxylic acids is 1. The van der Waals surface area contributed by atoms with Gasteiger partial charge in [0.25, 0.3) is 5.69 Å². The molecule has 0 atom stereocenters. The number of anilines is 2. The molecule has 7 nitrogen and oxygen atoms in total. The van der Waals surface area contributed by atoms with Crippen LogP contribution in [0.5, 0.6) is 0 Å². The molecule has 0 amide bonds. The summed E-state index contributed by atoms with van der Waals surface area (Å²) in [5.41, 5.74) is 0.669. The summed E-state index contributed by atoms with van der Waals surface area (Å²) in [4.78, 5) is 25.3. The SMILES string of the molecule is Cc1csc(Nc2cc(C(=O)O)ccc2[N+](=O)[O-])n1. The minimum absolute atomic E-state index is 0.0265. The van der Waals surface area contributed by atoms with Crippen LogP contribution in [0, 0.1) is 17.0 Å². The molecule has 8 heteroatoms. The third-order valence-electron chi connectivity index (χ3n) is 2.30. The Bertz CT molecular complexity index is 653. The summed E-state index contributed by atoms with van der Waals surface area (Å²) >= 11 is 1.29. The first-order chi connectivity index (χ1) is 8.97. The van der Waals surface area contributed by atoms with E-state index in [1.54, 1.807) is 12.3 Å². The van der Waals surface area contributed by atoms with Crippen molar-refractivity contribution in [2.24, 2.45) is 0 Å². The highest BCUT2D eigenvalue weighted by molar-refractivity contribution is 7.13. The standard InChI is InChI=1S/C11H9N3O4S/c1-6-5-19-11(12-6)13-8-4-7(10(15)16)2-3-9(8)14(17)18/h2-5H,1H3,(H,12,13)(H,15,16). The van der Waals surface area contributed by atoms with Gasteiger partial charge in [0, 0.05) is 11.4 Å². The number of aromatic nitrogens is 1. The lowest BCUT2D eigenvalue weighted by atomic mass is 10.2. The van der Waals surface area contributed by atoms with Gasteiger partial charge in [-0.05, 0) is 19.1 Å². The fraction of sp³-hybridized carbons (Fsp3) is 0.0909. The number of carbonyl (C=O) groups is 1. The second-order valence-electron chi connectivity index (χ2n) is 3.71. The molecule has 0 bridgehead atoms. The second-order valence-corrected chi connectivity index (χ2v) is 4.57. The van der Waals surface area contributed by atoms with Crippen LogP contribution in [0.1, 0.15) is 16.1 Å². The second kappa shape index (κ2) is 5.02. The van der Waals surface area contributed by atoms with Crippen LogP contribution in [0.25, 0.3) is 0 Å². The number of nitrogens with one attached hydrogen (secondary N) is 1. The number of hydrogen-bond acceptors (Lipinski definition) is 6. The van der Waals surface area contributed by atoms with E-state index in [-0.39, 0.29) is 16.9 Å². The Kier molecular flexibility index (Phi) is 3.43. The van der Waals surface area contributed by atoms with E-state index in [0.29, 0.717) is 5.13 Å². The van der Waals surface area contributed by atoms with E-state index in [9.17, 15) is 14.9 Å². The van der Waals surface area contributed by atoms with Crippen LogP contribution in [0.3, 0.4) is 0 Å². The Balaban J connectivity index is 2.42. The van der Waals surface area contributed by atoms with Gasteiger partial charge >= 0.3 is 5.97 Å². The number of rotatable bonds is 4. The minimum Gasteiger partial charge on any atom is -0.478 e. The summed E-state index contributed by atoms with van der Waals surface area (Å²) in [5.74, 6) is -1.15. The van der Waals surface area contributed by atoms with Gasteiger partial charge in [-0.3, -0.25) is 10.1 Å². The van der Waals surface area contributed by atoms with E-state index >= 15 is 0 Å². The number of nitro groups is 1. The maximum atomic E-state index is 10.9. The third kappa shape index (κ3) is 2.86. The van der Waals surface area contributed by atoms with Crippen LogP contribution in [-0.4, -0.2) is 21.0 Å². The number of carboxylic acid groups (broad SMARTS) is 1. The first kappa shape index (κ1) is 13.0. The summed E-state index contributed by atoms with van der Waals surface area (Å²) < 4.78 is 0. The van der Waals surface area contributed by atoms with E-state index in [1.807, 2.05) is 0 Å². The van der Waals surface area contributed by atoms with Gasteiger partial charge in [0.1, 0.15) is 5.69 Å². The van der Waals surface area contributed by atoms with E-state index in [4.69, 9.17) is 5.11 Å². The molecule has 0 unspecified atom stereocenters. The van der Waals surface area contributed by atoms with Crippen molar-refractivity contribution in [2.45, 2.75) is 6.92 Å². The predicted octanol–water partition coefficient (Wildman–Crippen LogP) is 2.80. The average molecular weight is 279 g/mol. The van der Waals surface area contributed by atoms with Crippen LogP contribution >= 0.6 is 11.3 Å². The highest BCUT2D eigenvalue weighted by Gasteiger charge is 2.17. The Morgan fingerprint density at radius 2 is 2.26 bits per heavy atom. The Labute approximate surface area is 111 Å². The van der Waals surface area contributed by atoms with Gasteiger partial charge in [0.15, 0.2) is 5.13 Å². The highest BCUT2D eigenvalue weighted by atomic mass is 32.1. The van der Waals surface area contributed by atoms with Gasteiger partial charge < -0.3 is 10.4 Å². The summed E-state index contributed by atoms with van der Waals surface area (Å²) in [6, 6.07) is 3.57. The number of nitro benzene ring substituents is 1. The summed E-state index contributed by atoms with van der Waals surface area (Å²) in [7, 11) is 0. The maximum absolute atomic E-state index is 10.9. The van der Waals surface area contributed by atoms with Crippen LogP contribution in [-0.2, 0) is 0 Å². The lowest BCUT2D eigenvalue weighted by molar-refractivity contribution is -0.383. The number of carboxylic acids is 1. The number of hydrogen-bond donors (Lipinski definition) is 2. The first-order valence-electron chi connectivity index (χ1n) is 5.18. The van der Waals surface area contributed by atoms with Crippen molar-refractivity contribution in [1.29, 1.82) is 0 Å². The number of benzene rings is 1. The van der Waals surface area contributed by atoms with Crippen molar-refractivity contribution in [3.63, 3.8) is 0 Å². The van der Waals surface area contributed by atoms with E-state index in [0.717, 1.165) is 11.8 Å². The van der Waals surface area contributed by atoms with Crippen molar-refractivity contribution in [3.05, 3.63) is 45.0 Å². The molecule has 1 aromatic carbocycles. The lowest BCUT2D eigenvalue weighted by Crippen LogP contribution is -2.01. The van der Waals surface area contributed by atoms with Crippen LogP contribution in [0.4, 0.5) is 16.5 Å². The molecule has 0 saturated carbocycles. The van der Waals surface area contributed by atoms with E-state index in [2.05, 4.69) is 10.3 Å². The molecule has 0 aliphatic heterocycles. The van der Waals surface area contributed by atoms with Gasteiger partial charge in [-0.2, -0.15) is 0 Å². The zero-order chi connectivity index (χ0) is 14.0. The molecule has 19 heavy (non-hydrogen) atoms. The minimum atomic E-state index is -1.15. The zero-order valence-electron chi connectivity index (χ0n) is 9.78. The third-order valence-corrected chi connectivity index (χ3v) is 3.18. The lowest BCUT2D eigenvalue weighted by Gasteiger charge is -2.05. The molecule has 0 saturated heterocycles. The molecule has 0 fully saturated rings. The number of aryl methyl sites for hydroxylation is 1. The number of thiazole rings is 1. The van der Waals surface area contributed by atoms with Gasteiger partial charge in [0.2, 0.25) is 0 Å². The molecule has 0 aliphatic carbocycles. The Morgan fingerprint density at radius 3 is 2.79 bits per heavy atom.